The number of nitrogens with one attached hydrogen (secondary N) is 2. The number of hydrazine groups is 1. The van der Waals surface area contributed by atoms with E-state index in [1.807, 2.05) is 32.2 Å². The van der Waals surface area contributed by atoms with Crippen LogP contribution in [-0.2, 0) is 52.8 Å². The molecule has 4 atom stereocenters. The first kappa shape index (κ1) is 59.5. The summed E-state index contributed by atoms with van der Waals surface area (Å²) in [5, 5.41) is 8.09. The summed E-state index contributed by atoms with van der Waals surface area (Å²) in [5.41, 5.74) is 9.25. The number of aryl methyl sites for hydroxylation is 1. The molecule has 4 aliphatic rings. The molecule has 2 N–H and O–H groups in total. The van der Waals surface area contributed by atoms with Crippen LogP contribution in [0.1, 0.15) is 76.8 Å². The minimum atomic E-state index is -1.09. The molecule has 3 aromatic heterocycles. The summed E-state index contributed by atoms with van der Waals surface area (Å²) in [6, 6.07) is 7.23. The van der Waals surface area contributed by atoms with Crippen molar-refractivity contribution in [3.63, 3.8) is 0 Å². The van der Waals surface area contributed by atoms with Gasteiger partial charge in [-0.05, 0) is 68.9 Å². The molecular formula is C49H73N9O8S5. The van der Waals surface area contributed by atoms with Gasteiger partial charge < -0.3 is 38.8 Å². The molecule has 392 valence electrons. The maximum Gasteiger partial charge on any atom is 0.324 e. The molecular weight excluding hydrogens is 1000 g/mol. The molecule has 0 spiro atoms. The highest BCUT2D eigenvalue weighted by atomic mass is 32.1. The van der Waals surface area contributed by atoms with Crippen LogP contribution in [0.5, 0.6) is 0 Å². The normalized spacial score (nSPS) is 20.2. The number of cyclic esters (lactones) is 1. The van der Waals surface area contributed by atoms with Crippen LogP contribution < -0.4 is 10.7 Å². The second kappa shape index (κ2) is 25.3. The number of morpholine rings is 1. The highest BCUT2D eigenvalue weighted by Crippen LogP contribution is 2.42. The van der Waals surface area contributed by atoms with E-state index in [2.05, 4.69) is 60.3 Å². The molecule has 5 amide bonds. The van der Waals surface area contributed by atoms with Crippen molar-refractivity contribution in [2.24, 2.45) is 17.3 Å². The van der Waals surface area contributed by atoms with Crippen LogP contribution in [-0.4, -0.2) is 149 Å². The van der Waals surface area contributed by atoms with Crippen LogP contribution >= 0.6 is 65.3 Å². The smallest absolute Gasteiger partial charge is 0.324 e. The predicted octanol–water partition coefficient (Wildman–Crippen LogP) is 5.52. The second-order valence-electron chi connectivity index (χ2n) is 19.4. The van der Waals surface area contributed by atoms with Gasteiger partial charge in [0.05, 0.1) is 53.9 Å². The molecule has 6 bridgehead atoms. The number of hydrogen-bond acceptors (Lipinski definition) is 12. The maximum atomic E-state index is 14.6. The van der Waals surface area contributed by atoms with Crippen molar-refractivity contribution in [3.05, 3.63) is 58.2 Å². The number of pyridine rings is 1. The topological polar surface area (TPSA) is 181 Å². The van der Waals surface area contributed by atoms with Gasteiger partial charge >= 0.3 is 12.0 Å². The lowest BCUT2D eigenvalue weighted by molar-refractivity contribution is -0.155. The summed E-state index contributed by atoms with van der Waals surface area (Å²) in [7, 11) is 3.27. The third-order valence-corrected chi connectivity index (χ3v) is 14.5. The Kier molecular flexibility index (Phi) is 21.2. The number of carbonyl (C=O) groups excluding carboxylic acids is 5. The van der Waals surface area contributed by atoms with Gasteiger partial charge in [0.1, 0.15) is 18.1 Å². The van der Waals surface area contributed by atoms with E-state index in [4.69, 9.17) is 24.2 Å². The van der Waals surface area contributed by atoms with Crippen molar-refractivity contribution < 1.29 is 38.2 Å². The van der Waals surface area contributed by atoms with Gasteiger partial charge in [-0.25, -0.2) is 15.2 Å². The van der Waals surface area contributed by atoms with E-state index < -0.39 is 41.3 Å². The summed E-state index contributed by atoms with van der Waals surface area (Å²) in [6.07, 6.45) is 3.18. The molecule has 0 saturated carbocycles. The number of nitrogens with zero attached hydrogens (tertiary/aromatic N) is 7. The quantitative estimate of drug-likeness (QED) is 0.202. The first-order valence-corrected chi connectivity index (χ1v) is 24.5. The van der Waals surface area contributed by atoms with E-state index in [1.54, 1.807) is 30.2 Å². The van der Waals surface area contributed by atoms with E-state index >= 15 is 0 Å². The first-order chi connectivity index (χ1) is 32.1. The lowest BCUT2D eigenvalue weighted by atomic mass is 9.84. The molecule has 4 aromatic rings. The summed E-state index contributed by atoms with van der Waals surface area (Å²) in [5.74, 6) is -2.00. The fourth-order valence-corrected chi connectivity index (χ4v) is 10.8. The largest absolute Gasteiger partial charge is 0.464 e. The van der Waals surface area contributed by atoms with Crippen molar-refractivity contribution in [2.75, 3.05) is 66.7 Å². The molecule has 7 heterocycles. The number of likely N-dealkylation sites (tertiary alicyclic amines) is 1. The van der Waals surface area contributed by atoms with Gasteiger partial charge in [-0.2, -0.15) is 54.0 Å². The molecule has 0 unspecified atom stereocenters. The number of hydrogen-bond donors (Lipinski definition) is 2. The van der Waals surface area contributed by atoms with Gasteiger partial charge in [-0.15, -0.1) is 11.3 Å². The van der Waals surface area contributed by atoms with Gasteiger partial charge in [0.25, 0.3) is 5.91 Å². The lowest BCUT2D eigenvalue weighted by Crippen LogP contribution is -2.64. The first-order valence-electron chi connectivity index (χ1n) is 23.6. The minimum absolute atomic E-state index is 0. The van der Waals surface area contributed by atoms with E-state index in [-0.39, 0.29) is 110 Å². The minimum Gasteiger partial charge on any atom is -0.464 e. The van der Waals surface area contributed by atoms with Gasteiger partial charge in [0, 0.05) is 98.9 Å². The third kappa shape index (κ3) is 12.7. The Morgan fingerprint density at radius 1 is 1.03 bits per heavy atom. The number of thiazole rings is 1. The van der Waals surface area contributed by atoms with Crippen LogP contribution in [0, 0.1) is 17.3 Å². The van der Waals surface area contributed by atoms with Crippen LogP contribution in [0.3, 0.4) is 0 Å². The van der Waals surface area contributed by atoms with E-state index in [9.17, 15) is 24.0 Å². The van der Waals surface area contributed by atoms with Crippen LogP contribution in [0.2, 0.25) is 0 Å². The van der Waals surface area contributed by atoms with Crippen LogP contribution in [0.25, 0.3) is 33.4 Å². The fraction of sp³-hybridized carbons (Fsp3) is 0.571. The Bertz CT molecular complexity index is 2510. The van der Waals surface area contributed by atoms with Gasteiger partial charge in [-0.1, -0.05) is 33.8 Å². The number of methoxy groups -OCH3 is 1. The number of fused-ring (bicyclic) bond motifs is 6. The fourth-order valence-electron chi connectivity index (χ4n) is 9.92. The highest BCUT2D eigenvalue weighted by molar-refractivity contribution is 7.59. The summed E-state index contributed by atoms with van der Waals surface area (Å²) >= 11 is 1.41. The number of esters is 1. The lowest BCUT2D eigenvalue weighted by Gasteiger charge is -2.44. The van der Waals surface area contributed by atoms with Gasteiger partial charge in [0.2, 0.25) is 11.8 Å². The Balaban J connectivity index is 0.00000274. The van der Waals surface area contributed by atoms with Crippen LogP contribution in [0.15, 0.2) is 41.9 Å². The van der Waals surface area contributed by atoms with E-state index in [1.165, 1.54) is 21.2 Å². The molecule has 0 aliphatic carbocycles. The van der Waals surface area contributed by atoms with Gasteiger partial charge in [0.15, 0.2) is 0 Å². The van der Waals surface area contributed by atoms with Crippen molar-refractivity contribution in [1.29, 1.82) is 0 Å². The van der Waals surface area contributed by atoms with Crippen molar-refractivity contribution in [3.8, 4) is 22.5 Å². The predicted molar refractivity (Wildman–Crippen MR) is 295 cm³/mol. The summed E-state index contributed by atoms with van der Waals surface area (Å²) in [6.45, 7) is 15.7. The Labute approximate surface area is 449 Å². The standard InChI is InChI=1S/C49H65N9O8S.4H2S/c1-9-57-39-15-14-31-22-34(39)35(43(57)33-12-10-16-50-41(33)30(4)64-8)24-49(5,6)28-66-47(62)36-13-11-17-58(53-36)46(61)37(23-40-51-38(31)27-67-40)52-44(59)42(29(2)3)54(7)48(63)56-25-32(26-56)45(60)55-18-20-65-21-19-55;;;;/h10,12,14-16,22,27,29-30,32,36-37,42,53H,9,11,13,17-21,23-26,28H2,1-8H3,(H,52,59);4*1H2/t30-,36-,37-,42-;;;;/m0..../s1. The summed E-state index contributed by atoms with van der Waals surface area (Å²) < 4.78 is 19.6. The van der Waals surface area contributed by atoms with E-state index in [0.29, 0.717) is 63.7 Å². The zero-order chi connectivity index (χ0) is 47.7. The zero-order valence-corrected chi connectivity index (χ0v) is 46.8. The molecule has 71 heavy (non-hydrogen) atoms. The number of amides is 5. The Morgan fingerprint density at radius 2 is 1.75 bits per heavy atom. The average Bonchev–Trinajstić information content (AvgIpc) is 3.90. The molecule has 3 fully saturated rings. The molecule has 8 rings (SSSR count). The molecule has 17 nitrogen and oxygen atoms in total. The Morgan fingerprint density at radius 3 is 2.42 bits per heavy atom. The molecule has 22 heteroatoms. The SMILES string of the molecule is CCn1c(-c2cccnc2[C@H](C)OC)c2c3cc(ccc31)-c1csc(n1)C[C@H](NC(=O)[C@H](C(C)C)N(C)C(=O)N1CC(C(=O)N3CCOCC3)C1)C(=O)N1CCC[C@H](N1)C(=O)OCC(C)(C)C2.S.S.S.S. The molecule has 0 radical (unpaired) electrons. The monoisotopic (exact) mass is 1080 g/mol. The number of urea groups is 1. The zero-order valence-electron chi connectivity index (χ0n) is 42.0. The maximum absolute atomic E-state index is 14.6. The second-order valence-corrected chi connectivity index (χ2v) is 20.3. The van der Waals surface area contributed by atoms with Gasteiger partial charge in [-0.3, -0.25) is 29.2 Å². The molecule has 3 saturated heterocycles. The highest BCUT2D eigenvalue weighted by Gasteiger charge is 2.43. The Hall–Kier alpha value is -4.03. The third-order valence-electron chi connectivity index (χ3n) is 13.6. The molecule has 4 aliphatic heterocycles. The number of aromatic nitrogens is 3. The summed E-state index contributed by atoms with van der Waals surface area (Å²) in [4.78, 5) is 84.6. The van der Waals surface area contributed by atoms with Crippen LogP contribution in [0.4, 0.5) is 4.79 Å². The van der Waals surface area contributed by atoms with E-state index in [0.717, 1.165) is 44.7 Å². The number of likely N-dealkylation sites (N-methyl/N-ethyl adjacent to an activating group) is 1. The average molecular weight is 1080 g/mol. The van der Waals surface area contributed by atoms with Crippen molar-refractivity contribution in [2.45, 2.75) is 98.0 Å². The number of carbonyl (C=O) groups is 5. The number of rotatable bonds is 9. The number of ether oxygens (including phenoxy) is 3. The van der Waals surface area contributed by atoms with Crippen molar-refractivity contribution >= 4 is 106 Å². The molecule has 1 aromatic carbocycles. The number of benzene rings is 1. The van der Waals surface area contributed by atoms with Crippen molar-refractivity contribution in [1.82, 2.24) is 45.0 Å².